The van der Waals surface area contributed by atoms with Crippen molar-refractivity contribution in [3.8, 4) is 0 Å². The van der Waals surface area contributed by atoms with Crippen molar-refractivity contribution in [2.24, 2.45) is 0 Å². The summed E-state index contributed by atoms with van der Waals surface area (Å²) >= 11 is 1.24. The van der Waals surface area contributed by atoms with Crippen molar-refractivity contribution in [1.82, 2.24) is 9.97 Å². The van der Waals surface area contributed by atoms with Crippen molar-refractivity contribution in [3.05, 3.63) is 64.7 Å². The summed E-state index contributed by atoms with van der Waals surface area (Å²) in [5, 5.41) is 14.3. The zero-order valence-corrected chi connectivity index (χ0v) is 14.4. The van der Waals surface area contributed by atoms with Gasteiger partial charge in [-0.1, -0.05) is 30.0 Å². The van der Waals surface area contributed by atoms with Gasteiger partial charge >= 0.3 is 5.69 Å². The van der Waals surface area contributed by atoms with Gasteiger partial charge in [0.05, 0.1) is 15.7 Å². The second kappa shape index (κ2) is 7.44. The first-order valence-electron chi connectivity index (χ1n) is 7.57. The number of nitro groups is 1. The highest BCUT2D eigenvalue weighted by atomic mass is 32.2. The summed E-state index contributed by atoms with van der Waals surface area (Å²) in [5.74, 6) is -1.33. The number of fused-ring (bicyclic) bond motifs is 1. The number of rotatable bonds is 5. The molecule has 9 heteroatoms. The minimum atomic E-state index is -0.956. The van der Waals surface area contributed by atoms with Crippen LogP contribution in [0.15, 0.2) is 53.8 Å². The number of carbonyl (C=O) groups is 1. The highest BCUT2D eigenvalue weighted by Gasteiger charge is 2.19. The maximum Gasteiger partial charge on any atom is 0.306 e. The fourth-order valence-corrected chi connectivity index (χ4v) is 3.18. The minimum absolute atomic E-state index is 0.156. The van der Waals surface area contributed by atoms with Gasteiger partial charge in [-0.25, -0.2) is 9.97 Å². The third kappa shape index (κ3) is 3.77. The van der Waals surface area contributed by atoms with Crippen LogP contribution in [0.3, 0.4) is 0 Å². The van der Waals surface area contributed by atoms with Crippen molar-refractivity contribution in [3.63, 3.8) is 0 Å². The molecule has 0 aliphatic carbocycles. The lowest BCUT2D eigenvalue weighted by Gasteiger charge is -2.12. The Kier molecular flexibility index (Phi) is 5.08. The summed E-state index contributed by atoms with van der Waals surface area (Å²) in [4.78, 5) is 30.7. The molecule has 3 rings (SSSR count). The van der Waals surface area contributed by atoms with Gasteiger partial charge in [0, 0.05) is 17.1 Å². The van der Waals surface area contributed by atoms with Crippen molar-refractivity contribution >= 4 is 39.9 Å². The lowest BCUT2D eigenvalue weighted by Crippen LogP contribution is -2.22. The number of halogens is 1. The molecule has 0 saturated heterocycles. The fourth-order valence-electron chi connectivity index (χ4n) is 2.27. The molecule has 1 atom stereocenters. The first-order chi connectivity index (χ1) is 12.5. The molecule has 3 aromatic rings. The Morgan fingerprint density at radius 3 is 2.81 bits per heavy atom. The second-order valence-corrected chi connectivity index (χ2v) is 6.70. The van der Waals surface area contributed by atoms with Crippen molar-refractivity contribution in [2.75, 3.05) is 5.32 Å². The largest absolute Gasteiger partial charge is 0.325 e. The number of para-hydroxylation sites is 1. The van der Waals surface area contributed by atoms with E-state index >= 15 is 0 Å². The first-order valence-corrected chi connectivity index (χ1v) is 8.45. The third-order valence-corrected chi connectivity index (χ3v) is 4.69. The van der Waals surface area contributed by atoms with Crippen LogP contribution in [0.1, 0.15) is 6.92 Å². The Balaban J connectivity index is 1.76. The predicted molar refractivity (Wildman–Crippen MR) is 96.5 cm³/mol. The summed E-state index contributed by atoms with van der Waals surface area (Å²) in [7, 11) is 0. The van der Waals surface area contributed by atoms with E-state index in [9.17, 15) is 19.3 Å². The Labute approximate surface area is 151 Å². The zero-order chi connectivity index (χ0) is 18.7. The van der Waals surface area contributed by atoms with E-state index in [4.69, 9.17) is 0 Å². The number of nitrogens with zero attached hydrogens (tertiary/aromatic N) is 3. The van der Waals surface area contributed by atoms with E-state index in [1.165, 1.54) is 24.2 Å². The molecule has 0 spiro atoms. The summed E-state index contributed by atoms with van der Waals surface area (Å²) in [6.07, 6.45) is 1.43. The van der Waals surface area contributed by atoms with Gasteiger partial charge in [-0.3, -0.25) is 14.9 Å². The summed E-state index contributed by atoms with van der Waals surface area (Å²) < 4.78 is 13.4. The monoisotopic (exact) mass is 372 g/mol. The molecule has 2 aromatic carbocycles. The highest BCUT2D eigenvalue weighted by Crippen LogP contribution is 2.29. The normalized spacial score (nSPS) is 11.9. The average molecular weight is 372 g/mol. The summed E-state index contributed by atoms with van der Waals surface area (Å²) in [5.41, 5.74) is 0.236. The zero-order valence-electron chi connectivity index (χ0n) is 13.5. The van der Waals surface area contributed by atoms with Gasteiger partial charge in [-0.2, -0.15) is 4.39 Å². The van der Waals surface area contributed by atoms with E-state index < -0.39 is 21.7 Å². The van der Waals surface area contributed by atoms with Gasteiger partial charge in [0.1, 0.15) is 11.4 Å². The van der Waals surface area contributed by atoms with E-state index in [1.54, 1.807) is 6.92 Å². The number of carbonyl (C=O) groups excluding carboxylic acids is 1. The molecule has 1 N–H and O–H groups in total. The standard InChI is InChI=1S/C17H13FN4O3S/c1-10(26-17-12-4-2-3-5-14(12)19-9-20-17)16(23)21-11-6-7-13(18)15(8-11)22(24)25/h2-10H,1H3,(H,21,23)/t10-/m0/s1. The third-order valence-electron chi connectivity index (χ3n) is 3.57. The number of nitrogens with one attached hydrogen (secondary N) is 1. The number of amides is 1. The van der Waals surface area contributed by atoms with Crippen molar-refractivity contribution in [2.45, 2.75) is 17.2 Å². The molecule has 0 unspecified atom stereocenters. The van der Waals surface area contributed by atoms with E-state index in [0.29, 0.717) is 5.03 Å². The van der Waals surface area contributed by atoms with Crippen LogP contribution in [0.2, 0.25) is 0 Å². The lowest BCUT2D eigenvalue weighted by atomic mass is 10.2. The number of thioether (sulfide) groups is 1. The Hall–Kier alpha value is -3.07. The van der Waals surface area contributed by atoms with Gasteiger partial charge in [0.2, 0.25) is 11.7 Å². The Morgan fingerprint density at radius 2 is 2.04 bits per heavy atom. The minimum Gasteiger partial charge on any atom is -0.325 e. The average Bonchev–Trinajstić information content (AvgIpc) is 2.63. The molecule has 0 aliphatic heterocycles. The molecule has 132 valence electrons. The quantitative estimate of drug-likeness (QED) is 0.317. The summed E-state index contributed by atoms with van der Waals surface area (Å²) in [6.45, 7) is 1.69. The summed E-state index contributed by atoms with van der Waals surface area (Å²) in [6, 6.07) is 10.7. The smallest absolute Gasteiger partial charge is 0.306 e. The van der Waals surface area contributed by atoms with Gasteiger partial charge in [-0.15, -0.1) is 0 Å². The Morgan fingerprint density at radius 1 is 1.27 bits per heavy atom. The van der Waals surface area contributed by atoms with Crippen molar-refractivity contribution < 1.29 is 14.1 Å². The molecule has 0 radical (unpaired) electrons. The molecule has 7 nitrogen and oxygen atoms in total. The van der Waals surface area contributed by atoms with E-state index in [-0.39, 0.29) is 11.6 Å². The van der Waals surface area contributed by atoms with Crippen LogP contribution in [0, 0.1) is 15.9 Å². The molecule has 1 amide bonds. The molecular formula is C17H13FN4O3S. The molecule has 1 heterocycles. The van der Waals surface area contributed by atoms with E-state index in [1.807, 2.05) is 24.3 Å². The van der Waals surface area contributed by atoms with E-state index in [2.05, 4.69) is 15.3 Å². The molecule has 0 saturated carbocycles. The van der Waals surface area contributed by atoms with E-state index in [0.717, 1.165) is 23.0 Å². The highest BCUT2D eigenvalue weighted by molar-refractivity contribution is 8.00. The second-order valence-electron chi connectivity index (χ2n) is 5.37. The molecule has 0 aliphatic rings. The predicted octanol–water partition coefficient (Wildman–Crippen LogP) is 3.80. The Bertz CT molecular complexity index is 993. The van der Waals surface area contributed by atoms with Gasteiger partial charge in [0.25, 0.3) is 0 Å². The lowest BCUT2D eigenvalue weighted by molar-refractivity contribution is -0.387. The SMILES string of the molecule is C[C@H](Sc1ncnc2ccccc12)C(=O)Nc1ccc(F)c([N+](=O)[O-])c1. The van der Waals surface area contributed by atoms with Crippen LogP contribution < -0.4 is 5.32 Å². The number of nitro benzene ring substituents is 1. The molecule has 1 aromatic heterocycles. The van der Waals surface area contributed by atoms with Gasteiger partial charge < -0.3 is 5.32 Å². The fraction of sp³-hybridized carbons (Fsp3) is 0.118. The number of anilines is 1. The maximum atomic E-state index is 13.4. The van der Waals surface area contributed by atoms with Crippen molar-refractivity contribution in [1.29, 1.82) is 0 Å². The number of aromatic nitrogens is 2. The van der Waals surface area contributed by atoms with Crippen LogP contribution >= 0.6 is 11.8 Å². The number of hydrogen-bond acceptors (Lipinski definition) is 6. The van der Waals surface area contributed by atoms with Crippen LogP contribution in [-0.4, -0.2) is 26.0 Å². The molecule has 0 fully saturated rings. The van der Waals surface area contributed by atoms with Crippen LogP contribution in [-0.2, 0) is 4.79 Å². The van der Waals surface area contributed by atoms with Crippen LogP contribution in [0.4, 0.5) is 15.8 Å². The maximum absolute atomic E-state index is 13.4. The molecular weight excluding hydrogens is 359 g/mol. The number of hydrogen-bond donors (Lipinski definition) is 1. The first kappa shape index (κ1) is 17.7. The van der Waals surface area contributed by atoms with Gasteiger partial charge in [0.15, 0.2) is 0 Å². The van der Waals surface area contributed by atoms with Gasteiger partial charge in [-0.05, 0) is 25.1 Å². The number of benzene rings is 2. The topological polar surface area (TPSA) is 98.0 Å². The molecule has 26 heavy (non-hydrogen) atoms. The van der Waals surface area contributed by atoms with Crippen LogP contribution in [0.25, 0.3) is 10.9 Å². The molecule has 0 bridgehead atoms. The van der Waals surface area contributed by atoms with Crippen LogP contribution in [0.5, 0.6) is 0 Å².